The summed E-state index contributed by atoms with van der Waals surface area (Å²) in [4.78, 5) is 12.4. The molecule has 2 N–H and O–H groups in total. The van der Waals surface area contributed by atoms with E-state index in [-0.39, 0.29) is 5.78 Å². The molecule has 2 aromatic carbocycles. The second kappa shape index (κ2) is 5.09. The number of aryl methyl sites for hydroxylation is 2. The Morgan fingerprint density at radius 1 is 1.05 bits per heavy atom. The molecule has 3 rings (SSSR count). The lowest BCUT2D eigenvalue weighted by molar-refractivity contribution is 0.0973. The number of carbonyl (C=O) groups excluding carboxylic acids is 1. The zero-order valence-electron chi connectivity index (χ0n) is 12.3. The topological polar surface area (TPSA) is 48.0 Å². The first-order valence-electron chi connectivity index (χ1n) is 6.99. The number of carbonyl (C=O) groups is 1. The number of hydrogen-bond donors (Lipinski definition) is 1. The molecular weight excluding hydrogens is 260 g/mol. The molecule has 0 aliphatic heterocycles. The van der Waals surface area contributed by atoms with Gasteiger partial charge >= 0.3 is 0 Å². The van der Waals surface area contributed by atoms with E-state index >= 15 is 0 Å². The zero-order chi connectivity index (χ0) is 15.0. The summed E-state index contributed by atoms with van der Waals surface area (Å²) < 4.78 is 1.96. The quantitative estimate of drug-likeness (QED) is 0.586. The summed E-state index contributed by atoms with van der Waals surface area (Å²) in [5, 5.41) is 1.06. The van der Waals surface area contributed by atoms with Gasteiger partial charge in [-0.1, -0.05) is 12.1 Å². The molecular formula is C18H18N2O. The summed E-state index contributed by atoms with van der Waals surface area (Å²) in [5.74, 6) is 0.118. The molecule has 3 nitrogen and oxygen atoms in total. The third-order valence-electron chi connectivity index (χ3n) is 3.94. The number of aromatic nitrogens is 1. The zero-order valence-corrected chi connectivity index (χ0v) is 12.3. The number of nitrogens with zero attached hydrogens (tertiary/aromatic N) is 1. The number of Topliss-reactive ketones (excluding diaryl/α,β-unsaturated/α-hetero) is 1. The summed E-state index contributed by atoms with van der Waals surface area (Å²) in [6.45, 7) is 4.42. The van der Waals surface area contributed by atoms with Gasteiger partial charge in [-0.25, -0.2) is 0 Å². The van der Waals surface area contributed by atoms with Crippen molar-refractivity contribution in [1.82, 2.24) is 4.57 Å². The predicted molar refractivity (Wildman–Crippen MR) is 86.6 cm³/mol. The number of rotatable bonds is 3. The van der Waals surface area contributed by atoms with E-state index in [1.807, 2.05) is 67.1 Å². The van der Waals surface area contributed by atoms with Gasteiger partial charge in [0.05, 0.1) is 6.54 Å². The fourth-order valence-electron chi connectivity index (χ4n) is 2.52. The highest BCUT2D eigenvalue weighted by Gasteiger charge is 2.10. The normalized spacial score (nSPS) is 11.0. The van der Waals surface area contributed by atoms with Gasteiger partial charge in [-0.05, 0) is 55.3 Å². The Kier molecular flexibility index (Phi) is 3.26. The minimum Gasteiger partial charge on any atom is -0.399 e. The first-order valence-corrected chi connectivity index (χ1v) is 6.99. The summed E-state index contributed by atoms with van der Waals surface area (Å²) in [7, 11) is 0. The van der Waals surface area contributed by atoms with Crippen molar-refractivity contribution in [3.8, 4) is 0 Å². The molecule has 3 heteroatoms. The van der Waals surface area contributed by atoms with E-state index in [4.69, 9.17) is 5.73 Å². The summed E-state index contributed by atoms with van der Waals surface area (Å²) in [5.41, 5.74) is 10.7. The van der Waals surface area contributed by atoms with E-state index in [0.29, 0.717) is 6.54 Å². The van der Waals surface area contributed by atoms with Crippen LogP contribution in [0.2, 0.25) is 0 Å². The highest BCUT2D eigenvalue weighted by molar-refractivity contribution is 5.97. The number of fused-ring (bicyclic) bond motifs is 1. The highest BCUT2D eigenvalue weighted by Crippen LogP contribution is 2.19. The predicted octanol–water partition coefficient (Wildman–Crippen LogP) is 3.72. The van der Waals surface area contributed by atoms with Crippen molar-refractivity contribution < 1.29 is 4.79 Å². The van der Waals surface area contributed by atoms with Gasteiger partial charge in [-0.15, -0.1) is 0 Å². The third-order valence-corrected chi connectivity index (χ3v) is 3.94. The Bertz CT molecular complexity index is 830. The summed E-state index contributed by atoms with van der Waals surface area (Å²) >= 11 is 0. The van der Waals surface area contributed by atoms with Crippen molar-refractivity contribution in [1.29, 1.82) is 0 Å². The van der Waals surface area contributed by atoms with Crippen LogP contribution < -0.4 is 5.73 Å². The molecule has 0 spiro atoms. The Hall–Kier alpha value is -2.55. The van der Waals surface area contributed by atoms with Crippen molar-refractivity contribution in [2.45, 2.75) is 20.4 Å². The first-order chi connectivity index (χ1) is 10.0. The average molecular weight is 278 g/mol. The second-order valence-electron chi connectivity index (χ2n) is 5.48. The number of nitrogen functional groups attached to an aromatic ring is 1. The van der Waals surface area contributed by atoms with Gasteiger partial charge in [0.1, 0.15) is 0 Å². The van der Waals surface area contributed by atoms with Crippen molar-refractivity contribution in [2.24, 2.45) is 0 Å². The van der Waals surface area contributed by atoms with Crippen LogP contribution in [0.1, 0.15) is 21.5 Å². The molecule has 0 unspecified atom stereocenters. The van der Waals surface area contributed by atoms with E-state index in [2.05, 4.69) is 0 Å². The Morgan fingerprint density at radius 3 is 2.62 bits per heavy atom. The van der Waals surface area contributed by atoms with Crippen LogP contribution in [0.5, 0.6) is 0 Å². The van der Waals surface area contributed by atoms with Crippen LogP contribution in [0.3, 0.4) is 0 Å². The van der Waals surface area contributed by atoms with Crippen LogP contribution in [0.25, 0.3) is 10.9 Å². The fourth-order valence-corrected chi connectivity index (χ4v) is 2.52. The summed E-state index contributed by atoms with van der Waals surface area (Å²) in [6, 6.07) is 13.6. The molecule has 0 saturated carbocycles. The van der Waals surface area contributed by atoms with E-state index in [0.717, 1.165) is 27.7 Å². The third kappa shape index (κ3) is 2.55. The van der Waals surface area contributed by atoms with E-state index < -0.39 is 0 Å². The molecule has 3 aromatic rings. The van der Waals surface area contributed by atoms with Crippen LogP contribution in [0.15, 0.2) is 48.7 Å². The van der Waals surface area contributed by atoms with Gasteiger partial charge in [-0.2, -0.15) is 0 Å². The molecule has 0 atom stereocenters. The standard InChI is InChI=1S/C18H18N2O/c1-12-3-4-15(9-13(12)2)18(21)11-20-8-7-14-10-16(19)5-6-17(14)20/h3-10H,11,19H2,1-2H3. The van der Waals surface area contributed by atoms with Gasteiger partial charge < -0.3 is 10.3 Å². The van der Waals surface area contributed by atoms with Crippen molar-refractivity contribution in [3.05, 3.63) is 65.4 Å². The molecule has 1 heterocycles. The molecule has 106 valence electrons. The van der Waals surface area contributed by atoms with Gasteiger partial charge in [0.2, 0.25) is 0 Å². The lowest BCUT2D eigenvalue weighted by atomic mass is 10.0. The van der Waals surface area contributed by atoms with Crippen LogP contribution in [0, 0.1) is 13.8 Å². The van der Waals surface area contributed by atoms with Crippen molar-refractivity contribution in [3.63, 3.8) is 0 Å². The molecule has 0 bridgehead atoms. The lowest BCUT2D eigenvalue weighted by Gasteiger charge is -2.07. The SMILES string of the molecule is Cc1ccc(C(=O)Cn2ccc3cc(N)ccc32)cc1C. The molecule has 0 saturated heterocycles. The Labute approximate surface area is 124 Å². The second-order valence-corrected chi connectivity index (χ2v) is 5.48. The van der Waals surface area contributed by atoms with Gasteiger partial charge in [-0.3, -0.25) is 4.79 Å². The molecule has 0 amide bonds. The maximum absolute atomic E-state index is 12.4. The molecule has 0 aliphatic rings. The molecule has 1 aromatic heterocycles. The maximum Gasteiger partial charge on any atom is 0.182 e. The van der Waals surface area contributed by atoms with E-state index in [9.17, 15) is 4.79 Å². The van der Waals surface area contributed by atoms with E-state index in [1.54, 1.807) is 0 Å². The van der Waals surface area contributed by atoms with Crippen LogP contribution in [0.4, 0.5) is 5.69 Å². The molecule has 0 aliphatic carbocycles. The van der Waals surface area contributed by atoms with Gasteiger partial charge in [0.15, 0.2) is 5.78 Å². The highest BCUT2D eigenvalue weighted by atomic mass is 16.1. The monoisotopic (exact) mass is 278 g/mol. The average Bonchev–Trinajstić information content (AvgIpc) is 2.84. The Balaban J connectivity index is 1.91. The largest absolute Gasteiger partial charge is 0.399 e. The van der Waals surface area contributed by atoms with Gasteiger partial charge in [0, 0.05) is 28.4 Å². The van der Waals surface area contributed by atoms with E-state index in [1.165, 1.54) is 5.56 Å². The van der Waals surface area contributed by atoms with Crippen molar-refractivity contribution in [2.75, 3.05) is 5.73 Å². The van der Waals surface area contributed by atoms with Crippen LogP contribution in [-0.2, 0) is 6.54 Å². The minimum atomic E-state index is 0.118. The maximum atomic E-state index is 12.4. The lowest BCUT2D eigenvalue weighted by Crippen LogP contribution is -2.09. The number of hydrogen-bond acceptors (Lipinski definition) is 2. The van der Waals surface area contributed by atoms with Crippen molar-refractivity contribution >= 4 is 22.4 Å². The Morgan fingerprint density at radius 2 is 1.86 bits per heavy atom. The molecule has 0 radical (unpaired) electrons. The number of nitrogens with two attached hydrogens (primary N) is 1. The van der Waals surface area contributed by atoms with Gasteiger partial charge in [0.25, 0.3) is 0 Å². The smallest absolute Gasteiger partial charge is 0.182 e. The minimum absolute atomic E-state index is 0.118. The summed E-state index contributed by atoms with van der Waals surface area (Å²) in [6.07, 6.45) is 1.93. The van der Waals surface area contributed by atoms with Crippen LogP contribution in [-0.4, -0.2) is 10.4 Å². The fraction of sp³-hybridized carbons (Fsp3) is 0.167. The number of ketones is 1. The van der Waals surface area contributed by atoms with Crippen LogP contribution >= 0.6 is 0 Å². The molecule has 21 heavy (non-hydrogen) atoms. The first kappa shape index (κ1) is 13.4. The number of benzene rings is 2. The number of anilines is 1. The molecule has 0 fully saturated rings.